The van der Waals surface area contributed by atoms with Gasteiger partial charge in [-0.25, -0.2) is 13.1 Å². The van der Waals surface area contributed by atoms with Gasteiger partial charge in [-0.1, -0.05) is 6.07 Å². The van der Waals surface area contributed by atoms with Crippen LogP contribution in [0.2, 0.25) is 0 Å². The highest BCUT2D eigenvalue weighted by molar-refractivity contribution is 7.89. The van der Waals surface area contributed by atoms with E-state index in [1.165, 1.54) is 10.4 Å². The third-order valence-electron chi connectivity index (χ3n) is 3.56. The van der Waals surface area contributed by atoms with Crippen molar-refractivity contribution in [2.45, 2.75) is 31.2 Å². The topological polar surface area (TPSA) is 58.2 Å². The molecule has 0 spiro atoms. The lowest BCUT2D eigenvalue weighted by Gasteiger charge is -2.18. The summed E-state index contributed by atoms with van der Waals surface area (Å²) in [6.07, 6.45) is 2.10. The normalized spacial score (nSPS) is 14.5. The van der Waals surface area contributed by atoms with Crippen molar-refractivity contribution in [2.75, 3.05) is 11.9 Å². The molecule has 0 saturated carbocycles. The zero-order chi connectivity index (χ0) is 14.9. The number of aryl methyl sites for hydroxylation is 2. The SMILES string of the molecule is Cc1ccc(CNS(=O)(=O)c2ccc3c(c2)NCCC3)s1. The molecule has 0 radical (unpaired) electrons. The molecule has 4 nitrogen and oxygen atoms in total. The summed E-state index contributed by atoms with van der Waals surface area (Å²) >= 11 is 1.61. The van der Waals surface area contributed by atoms with Crippen molar-refractivity contribution in [3.05, 3.63) is 45.6 Å². The lowest BCUT2D eigenvalue weighted by atomic mass is 10.0. The molecule has 0 bridgehead atoms. The van der Waals surface area contributed by atoms with E-state index < -0.39 is 10.0 Å². The van der Waals surface area contributed by atoms with Crippen molar-refractivity contribution in [3.63, 3.8) is 0 Å². The van der Waals surface area contributed by atoms with Gasteiger partial charge in [0, 0.05) is 28.5 Å². The van der Waals surface area contributed by atoms with E-state index in [4.69, 9.17) is 0 Å². The highest BCUT2D eigenvalue weighted by atomic mass is 32.2. The lowest BCUT2D eigenvalue weighted by molar-refractivity contribution is 0.581. The molecule has 2 aromatic rings. The number of hydrogen-bond acceptors (Lipinski definition) is 4. The van der Waals surface area contributed by atoms with E-state index >= 15 is 0 Å². The van der Waals surface area contributed by atoms with Gasteiger partial charge in [-0.05, 0) is 49.6 Å². The van der Waals surface area contributed by atoms with Crippen LogP contribution < -0.4 is 10.0 Å². The Labute approximate surface area is 129 Å². The molecule has 0 saturated heterocycles. The first-order valence-corrected chi connectivity index (χ1v) is 9.26. The van der Waals surface area contributed by atoms with Gasteiger partial charge in [0.1, 0.15) is 0 Å². The van der Waals surface area contributed by atoms with Crippen LogP contribution in [-0.4, -0.2) is 15.0 Å². The number of fused-ring (bicyclic) bond motifs is 1. The summed E-state index contributed by atoms with van der Waals surface area (Å²) < 4.78 is 27.4. The maximum Gasteiger partial charge on any atom is 0.240 e. The quantitative estimate of drug-likeness (QED) is 0.910. The molecular weight excluding hydrogens is 304 g/mol. The Balaban J connectivity index is 1.78. The van der Waals surface area contributed by atoms with Crippen molar-refractivity contribution < 1.29 is 8.42 Å². The fraction of sp³-hybridized carbons (Fsp3) is 0.333. The highest BCUT2D eigenvalue weighted by Gasteiger charge is 2.17. The molecule has 2 heterocycles. The highest BCUT2D eigenvalue weighted by Crippen LogP contribution is 2.25. The fourth-order valence-corrected chi connectivity index (χ4v) is 4.39. The second-order valence-electron chi connectivity index (χ2n) is 5.19. The Morgan fingerprint density at radius 3 is 2.90 bits per heavy atom. The minimum atomic E-state index is -3.47. The Hall–Kier alpha value is -1.37. The van der Waals surface area contributed by atoms with Crippen molar-refractivity contribution in [1.29, 1.82) is 0 Å². The molecule has 2 N–H and O–H groups in total. The van der Waals surface area contributed by atoms with Gasteiger partial charge < -0.3 is 5.32 Å². The summed E-state index contributed by atoms with van der Waals surface area (Å²) in [6, 6.07) is 9.28. The first kappa shape index (κ1) is 14.6. The summed E-state index contributed by atoms with van der Waals surface area (Å²) in [5.74, 6) is 0. The van der Waals surface area contributed by atoms with Gasteiger partial charge in [0.25, 0.3) is 0 Å². The number of thiophene rings is 1. The van der Waals surface area contributed by atoms with Crippen molar-refractivity contribution in [3.8, 4) is 0 Å². The van der Waals surface area contributed by atoms with Crippen LogP contribution in [0.1, 0.15) is 21.7 Å². The molecule has 0 atom stereocenters. The third-order valence-corrected chi connectivity index (χ3v) is 5.96. The van der Waals surface area contributed by atoms with Crippen LogP contribution in [0.25, 0.3) is 0 Å². The van der Waals surface area contributed by atoms with E-state index in [0.717, 1.165) is 30.0 Å². The van der Waals surface area contributed by atoms with Gasteiger partial charge >= 0.3 is 0 Å². The predicted molar refractivity (Wildman–Crippen MR) is 86.3 cm³/mol. The minimum Gasteiger partial charge on any atom is -0.385 e. The number of rotatable bonds is 4. The first-order chi connectivity index (χ1) is 10.0. The summed E-state index contributed by atoms with van der Waals surface area (Å²) in [4.78, 5) is 2.53. The van der Waals surface area contributed by atoms with Crippen LogP contribution in [0.4, 0.5) is 5.69 Å². The Morgan fingerprint density at radius 1 is 1.29 bits per heavy atom. The molecule has 112 valence electrons. The molecule has 3 rings (SSSR count). The first-order valence-electron chi connectivity index (χ1n) is 6.96. The summed E-state index contributed by atoms with van der Waals surface area (Å²) in [5.41, 5.74) is 2.13. The predicted octanol–water partition coefficient (Wildman–Crippen LogP) is 2.89. The van der Waals surface area contributed by atoms with E-state index in [1.54, 1.807) is 23.5 Å². The molecule has 1 aliphatic heterocycles. The average molecular weight is 322 g/mol. The van der Waals surface area contributed by atoms with Crippen LogP contribution in [0.15, 0.2) is 35.2 Å². The van der Waals surface area contributed by atoms with Crippen LogP contribution in [0.5, 0.6) is 0 Å². The van der Waals surface area contributed by atoms with Crippen LogP contribution >= 0.6 is 11.3 Å². The number of nitrogens with one attached hydrogen (secondary N) is 2. The Bertz CT molecular complexity index is 751. The molecule has 0 aliphatic carbocycles. The van der Waals surface area contributed by atoms with Gasteiger partial charge in [-0.15, -0.1) is 11.3 Å². The molecule has 1 aromatic heterocycles. The summed E-state index contributed by atoms with van der Waals surface area (Å²) in [6.45, 7) is 3.25. The van der Waals surface area contributed by atoms with Gasteiger partial charge in [0.2, 0.25) is 10.0 Å². The van der Waals surface area contributed by atoms with Crippen molar-refractivity contribution in [2.24, 2.45) is 0 Å². The average Bonchev–Trinajstić information content (AvgIpc) is 2.90. The second-order valence-corrected chi connectivity index (χ2v) is 8.33. The monoisotopic (exact) mass is 322 g/mol. The van der Waals surface area contributed by atoms with E-state index in [1.807, 2.05) is 25.1 Å². The van der Waals surface area contributed by atoms with Crippen molar-refractivity contribution >= 4 is 27.0 Å². The van der Waals surface area contributed by atoms with Crippen LogP contribution in [0.3, 0.4) is 0 Å². The molecule has 1 aromatic carbocycles. The second kappa shape index (κ2) is 5.79. The van der Waals surface area contributed by atoms with Crippen LogP contribution in [-0.2, 0) is 23.0 Å². The molecule has 0 fully saturated rings. The van der Waals surface area contributed by atoms with Crippen LogP contribution in [0, 0.1) is 6.92 Å². The summed E-state index contributed by atoms with van der Waals surface area (Å²) in [5, 5.41) is 3.26. The van der Waals surface area contributed by atoms with Crippen molar-refractivity contribution in [1.82, 2.24) is 4.72 Å². The molecule has 0 amide bonds. The van der Waals surface area contributed by atoms with E-state index in [2.05, 4.69) is 10.0 Å². The fourth-order valence-electron chi connectivity index (χ4n) is 2.44. The molecular formula is C15H18N2O2S2. The lowest BCUT2D eigenvalue weighted by Crippen LogP contribution is -2.23. The largest absolute Gasteiger partial charge is 0.385 e. The zero-order valence-electron chi connectivity index (χ0n) is 11.8. The van der Waals surface area contributed by atoms with E-state index in [-0.39, 0.29) is 0 Å². The maximum atomic E-state index is 12.4. The van der Waals surface area contributed by atoms with E-state index in [9.17, 15) is 8.42 Å². The minimum absolute atomic E-state index is 0.323. The zero-order valence-corrected chi connectivity index (χ0v) is 13.5. The standard InChI is InChI=1S/C15H18N2O2S2/c1-11-4-6-13(20-11)10-17-21(18,19)14-7-5-12-3-2-8-16-15(12)9-14/h4-7,9,16-17H,2-3,8,10H2,1H3. The van der Waals surface area contributed by atoms with E-state index in [0.29, 0.717) is 11.4 Å². The number of benzene rings is 1. The molecule has 6 heteroatoms. The smallest absolute Gasteiger partial charge is 0.240 e. The molecule has 0 unspecified atom stereocenters. The molecule has 21 heavy (non-hydrogen) atoms. The Kier molecular flexibility index (Phi) is 4.01. The third kappa shape index (κ3) is 3.28. The van der Waals surface area contributed by atoms with Gasteiger partial charge in [0.05, 0.1) is 4.90 Å². The number of sulfonamides is 1. The van der Waals surface area contributed by atoms with Gasteiger partial charge in [0.15, 0.2) is 0 Å². The van der Waals surface area contributed by atoms with Gasteiger partial charge in [-0.3, -0.25) is 0 Å². The number of hydrogen-bond donors (Lipinski definition) is 2. The Morgan fingerprint density at radius 2 is 2.14 bits per heavy atom. The summed E-state index contributed by atoms with van der Waals surface area (Å²) in [7, 11) is -3.47. The molecule has 1 aliphatic rings. The maximum absolute atomic E-state index is 12.4. The van der Waals surface area contributed by atoms with Gasteiger partial charge in [-0.2, -0.15) is 0 Å². The number of anilines is 1.